The first-order valence-electron chi connectivity index (χ1n) is 5.29. The van der Waals surface area contributed by atoms with Crippen LogP contribution in [0.5, 0.6) is 0 Å². The fourth-order valence-corrected chi connectivity index (χ4v) is 2.44. The van der Waals surface area contributed by atoms with E-state index in [4.69, 9.17) is 9.05 Å². The first kappa shape index (κ1) is 18.7. The number of carbonyl (C=O) groups is 1. The Kier molecular flexibility index (Phi) is 11.6. The van der Waals surface area contributed by atoms with E-state index < -0.39 is 13.6 Å². The molecule has 0 aromatic carbocycles. The zero-order valence-corrected chi connectivity index (χ0v) is 10.9. The van der Waals surface area contributed by atoms with Crippen LogP contribution in [0.3, 0.4) is 0 Å². The Balaban J connectivity index is 0. The third-order valence-electron chi connectivity index (χ3n) is 1.52. The van der Waals surface area contributed by atoms with Crippen molar-refractivity contribution in [3.63, 3.8) is 0 Å². The van der Waals surface area contributed by atoms with Gasteiger partial charge in [-0.25, -0.2) is 4.79 Å². The minimum Gasteiger partial charge on any atom is -0.463 e. The molecule has 0 aromatic rings. The highest BCUT2D eigenvalue weighted by molar-refractivity contribution is 7.54. The summed E-state index contributed by atoms with van der Waals surface area (Å²) >= 11 is 0. The molecule has 0 aliphatic carbocycles. The van der Waals surface area contributed by atoms with Gasteiger partial charge in [-0.1, -0.05) is 13.5 Å². The van der Waals surface area contributed by atoms with Gasteiger partial charge in [-0.15, -0.1) is 0 Å². The van der Waals surface area contributed by atoms with Gasteiger partial charge < -0.3 is 13.8 Å². The third-order valence-corrected chi connectivity index (χ3v) is 3.48. The van der Waals surface area contributed by atoms with Gasteiger partial charge in [0.25, 0.3) is 0 Å². The van der Waals surface area contributed by atoms with Crippen LogP contribution in [0, 0.1) is 0 Å². The van der Waals surface area contributed by atoms with Crippen LogP contribution in [0.1, 0.15) is 28.2 Å². The van der Waals surface area contributed by atoms with Crippen LogP contribution in [-0.4, -0.2) is 32.0 Å². The molecule has 0 aromatic heterocycles. The highest BCUT2D eigenvalue weighted by Gasteiger charge is 2.21. The second kappa shape index (κ2) is 10.5. The lowest BCUT2D eigenvalue weighted by Crippen LogP contribution is -2.01. The smallest absolute Gasteiger partial charge is 0.334 e. The van der Waals surface area contributed by atoms with Gasteiger partial charge in [-0.3, -0.25) is 4.57 Å². The van der Waals surface area contributed by atoms with Crippen molar-refractivity contribution in [1.82, 2.24) is 0 Å². The number of esters is 1. The van der Waals surface area contributed by atoms with Crippen molar-refractivity contribution in [1.29, 1.82) is 0 Å². The van der Waals surface area contributed by atoms with Crippen LogP contribution < -0.4 is 0 Å². The number of allylic oxidation sites excluding steroid dienone is 1. The van der Waals surface area contributed by atoms with Crippen molar-refractivity contribution in [2.75, 3.05) is 26.0 Å². The van der Waals surface area contributed by atoms with Gasteiger partial charge in [0, 0.05) is 6.08 Å². The molecule has 6 heteroatoms. The van der Waals surface area contributed by atoms with E-state index in [0.29, 0.717) is 19.8 Å². The summed E-state index contributed by atoms with van der Waals surface area (Å²) in [5, 5.41) is 0. The second-order valence-electron chi connectivity index (χ2n) is 2.78. The lowest BCUT2D eigenvalue weighted by atomic mass is 10.5. The average Bonchev–Trinajstić information content (AvgIpc) is 2.18. The van der Waals surface area contributed by atoms with Crippen LogP contribution in [-0.2, 0) is 23.1 Å². The SMILES string of the molecule is C.CCOC(=O)/C=C/CP(=O)(OCC)OCC. The van der Waals surface area contributed by atoms with Crippen LogP contribution in [0.15, 0.2) is 12.2 Å². The Morgan fingerprint density at radius 1 is 1.12 bits per heavy atom. The maximum absolute atomic E-state index is 11.9. The molecule has 0 bridgehead atoms. The third kappa shape index (κ3) is 9.10. The predicted molar refractivity (Wildman–Crippen MR) is 68.2 cm³/mol. The van der Waals surface area contributed by atoms with E-state index in [0.717, 1.165) is 0 Å². The van der Waals surface area contributed by atoms with E-state index in [1.807, 2.05) is 0 Å². The van der Waals surface area contributed by atoms with Gasteiger partial charge in [-0.2, -0.15) is 0 Å². The zero-order valence-electron chi connectivity index (χ0n) is 9.97. The molecule has 102 valence electrons. The molecule has 0 N–H and O–H groups in total. The van der Waals surface area contributed by atoms with Crippen molar-refractivity contribution in [2.45, 2.75) is 28.2 Å². The molecule has 0 unspecified atom stereocenters. The van der Waals surface area contributed by atoms with E-state index in [-0.39, 0.29) is 13.6 Å². The summed E-state index contributed by atoms with van der Waals surface area (Å²) in [4.78, 5) is 11.0. The van der Waals surface area contributed by atoms with Crippen molar-refractivity contribution >= 4 is 13.6 Å². The molecule has 0 heterocycles. The molecule has 5 nitrogen and oxygen atoms in total. The molecule has 0 rings (SSSR count). The van der Waals surface area contributed by atoms with E-state index in [9.17, 15) is 9.36 Å². The highest BCUT2D eigenvalue weighted by Crippen LogP contribution is 2.47. The van der Waals surface area contributed by atoms with E-state index in [2.05, 4.69) is 4.74 Å². The maximum atomic E-state index is 11.9. The van der Waals surface area contributed by atoms with Gasteiger partial charge >= 0.3 is 13.6 Å². The first-order valence-corrected chi connectivity index (χ1v) is 7.02. The molecule has 0 amide bonds. The Morgan fingerprint density at radius 2 is 1.65 bits per heavy atom. The minimum atomic E-state index is -3.09. The molecule has 0 aliphatic rings. The standard InChI is InChI=1S/C10H19O5P.CH4/c1-4-13-10(11)8-7-9-16(12,14-5-2)15-6-3;/h7-8H,4-6,9H2,1-3H3;1H4/b8-7+;. The van der Waals surface area contributed by atoms with Crippen LogP contribution in [0.2, 0.25) is 0 Å². The molecule has 0 spiro atoms. The van der Waals surface area contributed by atoms with Gasteiger partial charge in [0.15, 0.2) is 0 Å². The fraction of sp³-hybridized carbons (Fsp3) is 0.727. The summed E-state index contributed by atoms with van der Waals surface area (Å²) in [6.45, 7) is 6.13. The Bertz CT molecular complexity index is 265. The van der Waals surface area contributed by atoms with E-state index in [1.165, 1.54) is 12.2 Å². The maximum Gasteiger partial charge on any atom is 0.334 e. The average molecular weight is 266 g/mol. The molecule has 0 aliphatic heterocycles. The molecular weight excluding hydrogens is 243 g/mol. The molecular formula is C11H23O5P. The number of carbonyl (C=O) groups excluding carboxylic acids is 1. The lowest BCUT2D eigenvalue weighted by molar-refractivity contribution is -0.137. The first-order chi connectivity index (χ1) is 7.58. The summed E-state index contributed by atoms with van der Waals surface area (Å²) in [6, 6.07) is 0. The van der Waals surface area contributed by atoms with E-state index in [1.54, 1.807) is 20.8 Å². The molecule has 0 saturated heterocycles. The van der Waals surface area contributed by atoms with Crippen molar-refractivity contribution in [3.05, 3.63) is 12.2 Å². The molecule has 17 heavy (non-hydrogen) atoms. The van der Waals surface area contributed by atoms with Gasteiger partial charge in [0.2, 0.25) is 0 Å². The molecule has 0 saturated carbocycles. The van der Waals surface area contributed by atoms with Crippen molar-refractivity contribution in [3.8, 4) is 0 Å². The molecule has 0 atom stereocenters. The largest absolute Gasteiger partial charge is 0.463 e. The lowest BCUT2D eigenvalue weighted by Gasteiger charge is -2.14. The zero-order chi connectivity index (χ0) is 12.4. The quantitative estimate of drug-likeness (QED) is 0.384. The number of hydrogen-bond donors (Lipinski definition) is 0. The van der Waals surface area contributed by atoms with E-state index >= 15 is 0 Å². The van der Waals surface area contributed by atoms with Crippen LogP contribution >= 0.6 is 7.60 Å². The summed E-state index contributed by atoms with van der Waals surface area (Å²) in [7, 11) is -3.09. The molecule has 0 fully saturated rings. The number of hydrogen-bond acceptors (Lipinski definition) is 5. The number of rotatable bonds is 8. The summed E-state index contributed by atoms with van der Waals surface area (Å²) in [5.74, 6) is -0.456. The summed E-state index contributed by atoms with van der Waals surface area (Å²) in [6.07, 6.45) is 2.76. The normalized spacial score (nSPS) is 11.2. The van der Waals surface area contributed by atoms with Crippen molar-refractivity contribution in [2.24, 2.45) is 0 Å². The highest BCUT2D eigenvalue weighted by atomic mass is 31.2. The predicted octanol–water partition coefficient (Wildman–Crippen LogP) is 3.01. The second-order valence-corrected chi connectivity index (χ2v) is 4.89. The van der Waals surface area contributed by atoms with Gasteiger partial charge in [0.05, 0.1) is 26.0 Å². The monoisotopic (exact) mass is 266 g/mol. The van der Waals surface area contributed by atoms with Crippen LogP contribution in [0.25, 0.3) is 0 Å². The van der Waals surface area contributed by atoms with Crippen molar-refractivity contribution < 1.29 is 23.1 Å². The Labute approximate surface area is 104 Å². The molecule has 0 radical (unpaired) electrons. The van der Waals surface area contributed by atoms with Crippen LogP contribution in [0.4, 0.5) is 0 Å². The minimum absolute atomic E-state index is 0. The topological polar surface area (TPSA) is 61.8 Å². The summed E-state index contributed by atoms with van der Waals surface area (Å²) < 4.78 is 26.7. The summed E-state index contributed by atoms with van der Waals surface area (Å²) in [5.41, 5.74) is 0. The van der Waals surface area contributed by atoms with Gasteiger partial charge in [-0.05, 0) is 20.8 Å². The Hall–Kier alpha value is -0.640. The number of ether oxygens (including phenoxy) is 1. The fourth-order valence-electron chi connectivity index (χ4n) is 1.00. The van der Waals surface area contributed by atoms with Gasteiger partial charge in [0.1, 0.15) is 0 Å². The Morgan fingerprint density at radius 3 is 2.06 bits per heavy atom.